The summed E-state index contributed by atoms with van der Waals surface area (Å²) < 4.78 is 17.4. The first kappa shape index (κ1) is 13.2. The lowest BCUT2D eigenvalue weighted by molar-refractivity contribution is -0.142. The van der Waals surface area contributed by atoms with Gasteiger partial charge in [-0.1, -0.05) is 0 Å². The number of hydrogen-bond donors (Lipinski definition) is 1. The molecule has 4 nitrogen and oxygen atoms in total. The normalized spacial score (nSPS) is 28.9. The third-order valence-electron chi connectivity index (χ3n) is 2.52. The maximum atomic E-state index is 11.7. The average Bonchev–Trinajstić information content (AvgIpc) is 2.74. The van der Waals surface area contributed by atoms with E-state index in [1.807, 2.05) is 11.4 Å². The molecule has 0 radical (unpaired) electrons. The average molecular weight is 338 g/mol. The Bertz CT molecular complexity index is 449. The monoisotopic (exact) mass is 337 g/mol. The molecule has 1 N–H and O–H groups in total. The maximum absolute atomic E-state index is 11.7. The van der Waals surface area contributed by atoms with E-state index in [0.29, 0.717) is 11.5 Å². The summed E-state index contributed by atoms with van der Waals surface area (Å²) in [4.78, 5) is 12.6. The zero-order valence-electron chi connectivity index (χ0n) is 9.14. The summed E-state index contributed by atoms with van der Waals surface area (Å²) >= 11 is 4.97. The Morgan fingerprint density at radius 3 is 3.00 bits per heavy atom. The van der Waals surface area contributed by atoms with E-state index in [4.69, 9.17) is 0 Å². The summed E-state index contributed by atoms with van der Waals surface area (Å²) in [5.74, 6) is 0.523. The second kappa shape index (κ2) is 5.60. The van der Waals surface area contributed by atoms with Gasteiger partial charge in [-0.15, -0.1) is 11.3 Å². The molecule has 1 aromatic heterocycles. The third-order valence-corrected chi connectivity index (χ3v) is 5.74. The fraction of sp³-hybridized carbons (Fsp3) is 0.500. The van der Waals surface area contributed by atoms with Crippen molar-refractivity contribution in [3.05, 3.63) is 20.8 Å². The van der Waals surface area contributed by atoms with Crippen molar-refractivity contribution >= 4 is 44.0 Å². The highest BCUT2D eigenvalue weighted by molar-refractivity contribution is 9.10. The van der Waals surface area contributed by atoms with E-state index >= 15 is 0 Å². The summed E-state index contributed by atoms with van der Waals surface area (Å²) in [5, 5.41) is 5.16. The number of ether oxygens (including phenoxy) is 1. The van der Waals surface area contributed by atoms with Crippen LogP contribution in [0.1, 0.15) is 10.9 Å². The molecule has 2 heterocycles. The molecule has 0 aromatic carbocycles. The van der Waals surface area contributed by atoms with Crippen LogP contribution >= 0.6 is 27.3 Å². The Labute approximate surface area is 114 Å². The van der Waals surface area contributed by atoms with Crippen LogP contribution in [0.15, 0.2) is 15.9 Å². The van der Waals surface area contributed by atoms with Crippen LogP contribution in [-0.2, 0) is 20.3 Å². The molecule has 94 valence electrons. The van der Waals surface area contributed by atoms with Crippen LogP contribution in [0.5, 0.6) is 0 Å². The van der Waals surface area contributed by atoms with E-state index in [1.165, 1.54) is 7.11 Å². The molecule has 1 aromatic rings. The van der Waals surface area contributed by atoms with E-state index in [0.717, 1.165) is 9.35 Å². The van der Waals surface area contributed by atoms with Gasteiger partial charge in [0.2, 0.25) is 0 Å². The number of methoxy groups -OCH3 is 1. The molecule has 0 saturated carbocycles. The summed E-state index contributed by atoms with van der Waals surface area (Å²) in [5.41, 5.74) is 0. The molecule has 0 amide bonds. The first-order valence-electron chi connectivity index (χ1n) is 5.03. The number of halogens is 1. The minimum Gasteiger partial charge on any atom is -0.468 e. The van der Waals surface area contributed by atoms with Crippen molar-refractivity contribution in [3.63, 3.8) is 0 Å². The maximum Gasteiger partial charge on any atom is 0.323 e. The molecule has 3 atom stereocenters. The number of rotatable bonds is 2. The summed E-state index contributed by atoms with van der Waals surface area (Å²) in [7, 11) is 0.360. The molecule has 1 saturated heterocycles. The Balaban J connectivity index is 2.13. The molecule has 17 heavy (non-hydrogen) atoms. The van der Waals surface area contributed by atoms with Crippen LogP contribution < -0.4 is 5.32 Å². The minimum absolute atomic E-state index is 0.0371. The van der Waals surface area contributed by atoms with Gasteiger partial charge < -0.3 is 4.74 Å². The summed E-state index contributed by atoms with van der Waals surface area (Å²) in [6, 6.07) is 1.48. The van der Waals surface area contributed by atoms with Crippen molar-refractivity contribution in [2.75, 3.05) is 18.6 Å². The van der Waals surface area contributed by atoms with Gasteiger partial charge in [0.1, 0.15) is 6.04 Å². The van der Waals surface area contributed by atoms with Gasteiger partial charge >= 0.3 is 5.97 Å². The lowest BCUT2D eigenvalue weighted by Gasteiger charge is -2.28. The minimum atomic E-state index is -0.986. The van der Waals surface area contributed by atoms with E-state index in [1.54, 1.807) is 11.3 Å². The Hall–Kier alpha value is -0.240. The van der Waals surface area contributed by atoms with E-state index in [-0.39, 0.29) is 12.0 Å². The molecular weight excluding hydrogens is 326 g/mol. The molecule has 1 aliphatic heterocycles. The number of carbonyl (C=O) groups is 1. The first-order valence-corrected chi connectivity index (χ1v) is 8.19. The summed E-state index contributed by atoms with van der Waals surface area (Å²) in [6.07, 6.45) is 0. The largest absolute Gasteiger partial charge is 0.468 e. The number of hydrogen-bond acceptors (Lipinski definition) is 5. The topological polar surface area (TPSA) is 55.4 Å². The molecule has 1 fully saturated rings. The van der Waals surface area contributed by atoms with Crippen LogP contribution in [0.25, 0.3) is 0 Å². The van der Waals surface area contributed by atoms with Crippen molar-refractivity contribution in [2.45, 2.75) is 12.1 Å². The van der Waals surface area contributed by atoms with Crippen LogP contribution in [0.3, 0.4) is 0 Å². The fourth-order valence-corrected chi connectivity index (χ4v) is 4.73. The van der Waals surface area contributed by atoms with E-state index < -0.39 is 16.8 Å². The van der Waals surface area contributed by atoms with Gasteiger partial charge in [0.15, 0.2) is 0 Å². The SMILES string of the molecule is COC(=O)C1CS(=O)CC(c2cc(Br)cs2)N1. The lowest BCUT2D eigenvalue weighted by Crippen LogP contribution is -2.49. The highest BCUT2D eigenvalue weighted by atomic mass is 79.9. The van der Waals surface area contributed by atoms with Crippen LogP contribution in [0, 0.1) is 0 Å². The highest BCUT2D eigenvalue weighted by Gasteiger charge is 2.32. The molecule has 3 unspecified atom stereocenters. The molecule has 0 aliphatic carbocycles. The number of esters is 1. The van der Waals surface area contributed by atoms with Crippen LogP contribution in [-0.4, -0.2) is 34.8 Å². The van der Waals surface area contributed by atoms with Gasteiger partial charge in [-0.05, 0) is 22.0 Å². The Kier molecular flexibility index (Phi) is 4.35. The second-order valence-corrected chi connectivity index (χ2v) is 7.14. The van der Waals surface area contributed by atoms with Crippen LogP contribution in [0.4, 0.5) is 0 Å². The molecule has 2 rings (SSSR count). The van der Waals surface area contributed by atoms with Crippen molar-refractivity contribution < 1.29 is 13.7 Å². The predicted octanol–water partition coefficient (Wildman–Crippen LogP) is 1.45. The van der Waals surface area contributed by atoms with Gasteiger partial charge in [0.05, 0.1) is 13.2 Å². The first-order chi connectivity index (χ1) is 8.10. The van der Waals surface area contributed by atoms with E-state index in [2.05, 4.69) is 26.0 Å². The highest BCUT2D eigenvalue weighted by Crippen LogP contribution is 2.28. The molecule has 1 aliphatic rings. The lowest BCUT2D eigenvalue weighted by atomic mass is 10.2. The van der Waals surface area contributed by atoms with Gasteiger partial charge in [-0.3, -0.25) is 14.3 Å². The van der Waals surface area contributed by atoms with Crippen molar-refractivity contribution in [1.29, 1.82) is 0 Å². The summed E-state index contributed by atoms with van der Waals surface area (Å²) in [6.45, 7) is 0. The second-order valence-electron chi connectivity index (χ2n) is 3.74. The van der Waals surface area contributed by atoms with Gasteiger partial charge in [-0.2, -0.15) is 0 Å². The van der Waals surface area contributed by atoms with E-state index in [9.17, 15) is 9.00 Å². The van der Waals surface area contributed by atoms with Gasteiger partial charge in [0.25, 0.3) is 0 Å². The fourth-order valence-electron chi connectivity index (χ4n) is 1.73. The quantitative estimate of drug-likeness (QED) is 0.830. The Morgan fingerprint density at radius 1 is 1.65 bits per heavy atom. The zero-order chi connectivity index (χ0) is 12.4. The number of thiophene rings is 1. The molecule has 0 bridgehead atoms. The van der Waals surface area contributed by atoms with Crippen LogP contribution in [0.2, 0.25) is 0 Å². The predicted molar refractivity (Wildman–Crippen MR) is 71.6 cm³/mol. The zero-order valence-corrected chi connectivity index (χ0v) is 12.4. The van der Waals surface area contributed by atoms with Gasteiger partial charge in [0, 0.05) is 37.0 Å². The molecule has 0 spiro atoms. The third kappa shape index (κ3) is 3.15. The Morgan fingerprint density at radius 2 is 2.41 bits per heavy atom. The standard InChI is InChI=1S/C10H12BrNO3S2/c1-15-10(13)8-5-17(14)4-7(12-8)9-2-6(11)3-16-9/h2-3,7-8,12H,4-5H2,1H3. The molecular formula is C10H12BrNO3S2. The van der Waals surface area contributed by atoms with Crippen molar-refractivity contribution in [3.8, 4) is 0 Å². The number of nitrogens with one attached hydrogen (secondary N) is 1. The smallest absolute Gasteiger partial charge is 0.323 e. The van der Waals surface area contributed by atoms with Gasteiger partial charge in [-0.25, -0.2) is 0 Å². The molecule has 7 heteroatoms. The van der Waals surface area contributed by atoms with Crippen molar-refractivity contribution in [1.82, 2.24) is 5.32 Å². The number of carbonyl (C=O) groups excluding carboxylic acids is 1. The van der Waals surface area contributed by atoms with Crippen molar-refractivity contribution in [2.24, 2.45) is 0 Å².